The average molecular weight is 284 g/mol. The largest absolute Gasteiger partial charge is 0.396 e. The van der Waals surface area contributed by atoms with E-state index in [1.807, 2.05) is 12.1 Å². The molecule has 0 atom stereocenters. The quantitative estimate of drug-likeness (QED) is 0.941. The summed E-state index contributed by atoms with van der Waals surface area (Å²) in [5.74, 6) is 0.748. The minimum absolute atomic E-state index is 0.748. The number of hydrogen-bond acceptors (Lipinski definition) is 4. The summed E-state index contributed by atoms with van der Waals surface area (Å²) in [4.78, 5) is 9.15. The highest BCUT2D eigenvalue weighted by Gasteiger charge is 2.20. The molecule has 0 spiro atoms. The standard InChI is InChI=1S/C17H24N4/c1-20-9-7-13(8-10-20)12-21(2)17-14-5-3-4-6-16(14)19-11-15(17)18/h3-6,11,13H,7-10,12,18H2,1-2H3. The number of aromatic nitrogens is 1. The molecule has 21 heavy (non-hydrogen) atoms. The van der Waals surface area contributed by atoms with Crippen LogP contribution in [-0.4, -0.2) is 43.6 Å². The van der Waals surface area contributed by atoms with Crippen LogP contribution in [0.2, 0.25) is 0 Å². The van der Waals surface area contributed by atoms with Gasteiger partial charge in [-0.3, -0.25) is 4.98 Å². The number of hydrogen-bond donors (Lipinski definition) is 1. The van der Waals surface area contributed by atoms with E-state index in [0.29, 0.717) is 0 Å². The van der Waals surface area contributed by atoms with Gasteiger partial charge in [0, 0.05) is 19.0 Å². The molecular formula is C17H24N4. The lowest BCUT2D eigenvalue weighted by Gasteiger charge is -2.33. The smallest absolute Gasteiger partial charge is 0.0745 e. The molecule has 2 heterocycles. The number of likely N-dealkylation sites (tertiary alicyclic amines) is 1. The van der Waals surface area contributed by atoms with E-state index in [1.54, 1.807) is 6.20 Å². The zero-order chi connectivity index (χ0) is 14.8. The van der Waals surface area contributed by atoms with Crippen LogP contribution in [0.15, 0.2) is 30.5 Å². The van der Waals surface area contributed by atoms with Gasteiger partial charge in [-0.05, 0) is 45.0 Å². The molecule has 0 aliphatic carbocycles. The van der Waals surface area contributed by atoms with Gasteiger partial charge in [0.1, 0.15) is 0 Å². The third-order valence-electron chi connectivity index (χ3n) is 4.53. The second kappa shape index (κ2) is 5.90. The minimum Gasteiger partial charge on any atom is -0.396 e. The van der Waals surface area contributed by atoms with Gasteiger partial charge in [0.15, 0.2) is 0 Å². The van der Waals surface area contributed by atoms with Gasteiger partial charge < -0.3 is 15.5 Å². The van der Waals surface area contributed by atoms with Crippen LogP contribution in [0.5, 0.6) is 0 Å². The number of piperidine rings is 1. The van der Waals surface area contributed by atoms with Crippen molar-refractivity contribution in [2.24, 2.45) is 5.92 Å². The molecule has 1 aromatic carbocycles. The number of pyridine rings is 1. The number of anilines is 2. The normalized spacial score (nSPS) is 17.2. The number of benzene rings is 1. The van der Waals surface area contributed by atoms with Crippen molar-refractivity contribution in [2.45, 2.75) is 12.8 Å². The minimum atomic E-state index is 0.748. The first-order valence-corrected chi connectivity index (χ1v) is 7.68. The van der Waals surface area contributed by atoms with Gasteiger partial charge in [-0.15, -0.1) is 0 Å². The Morgan fingerprint density at radius 2 is 2.00 bits per heavy atom. The predicted molar refractivity (Wildman–Crippen MR) is 89.6 cm³/mol. The molecule has 1 aliphatic rings. The number of nitrogens with zero attached hydrogens (tertiary/aromatic N) is 3. The maximum Gasteiger partial charge on any atom is 0.0745 e. The molecule has 112 valence electrons. The molecule has 1 saturated heterocycles. The van der Waals surface area contributed by atoms with Crippen LogP contribution >= 0.6 is 0 Å². The first kappa shape index (κ1) is 14.1. The lowest BCUT2D eigenvalue weighted by atomic mass is 9.96. The first-order chi connectivity index (χ1) is 10.1. The van der Waals surface area contributed by atoms with Gasteiger partial charge in [0.05, 0.1) is 23.1 Å². The predicted octanol–water partition coefficient (Wildman–Crippen LogP) is 2.60. The zero-order valence-electron chi connectivity index (χ0n) is 12.9. The summed E-state index contributed by atoms with van der Waals surface area (Å²) in [7, 11) is 4.35. The third-order valence-corrected chi connectivity index (χ3v) is 4.53. The van der Waals surface area contributed by atoms with Crippen molar-refractivity contribution in [3.8, 4) is 0 Å². The summed E-state index contributed by atoms with van der Waals surface area (Å²) < 4.78 is 0. The Hall–Kier alpha value is -1.81. The fourth-order valence-electron chi connectivity index (χ4n) is 3.29. The van der Waals surface area contributed by atoms with Crippen molar-refractivity contribution in [2.75, 3.05) is 44.4 Å². The van der Waals surface area contributed by atoms with Crippen molar-refractivity contribution in [1.29, 1.82) is 0 Å². The van der Waals surface area contributed by atoms with Crippen molar-refractivity contribution < 1.29 is 0 Å². The maximum absolute atomic E-state index is 6.20. The van der Waals surface area contributed by atoms with Gasteiger partial charge in [-0.1, -0.05) is 18.2 Å². The van der Waals surface area contributed by atoms with E-state index in [2.05, 4.69) is 41.0 Å². The molecule has 2 N–H and O–H groups in total. The monoisotopic (exact) mass is 284 g/mol. The van der Waals surface area contributed by atoms with E-state index in [-0.39, 0.29) is 0 Å². The molecule has 0 amide bonds. The lowest BCUT2D eigenvalue weighted by Crippen LogP contribution is -2.36. The van der Waals surface area contributed by atoms with Crippen LogP contribution in [0.3, 0.4) is 0 Å². The van der Waals surface area contributed by atoms with E-state index >= 15 is 0 Å². The van der Waals surface area contributed by atoms with Gasteiger partial charge in [0.25, 0.3) is 0 Å². The summed E-state index contributed by atoms with van der Waals surface area (Å²) in [6.45, 7) is 3.46. The second-order valence-corrected chi connectivity index (χ2v) is 6.21. The van der Waals surface area contributed by atoms with E-state index in [1.165, 1.54) is 25.9 Å². The molecule has 1 fully saturated rings. The lowest BCUT2D eigenvalue weighted by molar-refractivity contribution is 0.222. The number of nitrogens with two attached hydrogens (primary N) is 1. The molecule has 1 aliphatic heterocycles. The molecule has 0 saturated carbocycles. The molecule has 0 bridgehead atoms. The Bertz CT molecular complexity index is 617. The number of fused-ring (bicyclic) bond motifs is 1. The van der Waals surface area contributed by atoms with Crippen LogP contribution in [0, 0.1) is 5.92 Å². The van der Waals surface area contributed by atoms with Gasteiger partial charge >= 0.3 is 0 Å². The summed E-state index contributed by atoms with van der Waals surface area (Å²) in [5.41, 5.74) is 9.11. The van der Waals surface area contributed by atoms with Crippen molar-refractivity contribution in [3.05, 3.63) is 30.5 Å². The first-order valence-electron chi connectivity index (χ1n) is 7.68. The van der Waals surface area contributed by atoms with Crippen LogP contribution in [0.4, 0.5) is 11.4 Å². The van der Waals surface area contributed by atoms with Crippen LogP contribution < -0.4 is 10.6 Å². The van der Waals surface area contributed by atoms with E-state index in [0.717, 1.165) is 34.7 Å². The second-order valence-electron chi connectivity index (χ2n) is 6.21. The molecule has 3 rings (SSSR count). The maximum atomic E-state index is 6.20. The molecule has 4 heteroatoms. The highest BCUT2D eigenvalue weighted by atomic mass is 15.1. The highest BCUT2D eigenvalue weighted by Crippen LogP contribution is 2.31. The van der Waals surface area contributed by atoms with Crippen LogP contribution in [-0.2, 0) is 0 Å². The van der Waals surface area contributed by atoms with Gasteiger partial charge in [-0.2, -0.15) is 0 Å². The third kappa shape index (κ3) is 2.95. The summed E-state index contributed by atoms with van der Waals surface area (Å²) >= 11 is 0. The molecular weight excluding hydrogens is 260 g/mol. The number of nitrogen functional groups attached to an aromatic ring is 1. The van der Waals surface area contributed by atoms with Crippen molar-refractivity contribution in [3.63, 3.8) is 0 Å². The zero-order valence-corrected chi connectivity index (χ0v) is 12.9. The van der Waals surface area contributed by atoms with Gasteiger partial charge in [-0.25, -0.2) is 0 Å². The Kier molecular flexibility index (Phi) is 3.97. The van der Waals surface area contributed by atoms with Crippen LogP contribution in [0.25, 0.3) is 10.9 Å². The summed E-state index contributed by atoms with van der Waals surface area (Å²) in [6, 6.07) is 8.23. The van der Waals surface area contributed by atoms with Crippen molar-refractivity contribution in [1.82, 2.24) is 9.88 Å². The SMILES string of the molecule is CN1CCC(CN(C)c2c(N)cnc3ccccc23)CC1. The fraction of sp³-hybridized carbons (Fsp3) is 0.471. The van der Waals surface area contributed by atoms with E-state index < -0.39 is 0 Å². The van der Waals surface area contributed by atoms with Crippen molar-refractivity contribution >= 4 is 22.3 Å². The summed E-state index contributed by atoms with van der Waals surface area (Å²) in [5, 5.41) is 1.15. The molecule has 1 aromatic heterocycles. The Morgan fingerprint density at radius 1 is 1.29 bits per heavy atom. The van der Waals surface area contributed by atoms with E-state index in [4.69, 9.17) is 5.73 Å². The Morgan fingerprint density at radius 3 is 2.76 bits per heavy atom. The molecule has 2 aromatic rings. The highest BCUT2D eigenvalue weighted by molar-refractivity contribution is 5.97. The Balaban J connectivity index is 1.84. The fourth-order valence-corrected chi connectivity index (χ4v) is 3.29. The summed E-state index contributed by atoms with van der Waals surface area (Å²) in [6.07, 6.45) is 4.32. The average Bonchev–Trinajstić information content (AvgIpc) is 2.49. The Labute approximate surface area is 126 Å². The number of para-hydroxylation sites is 1. The number of rotatable bonds is 3. The molecule has 4 nitrogen and oxygen atoms in total. The van der Waals surface area contributed by atoms with Gasteiger partial charge in [0.2, 0.25) is 0 Å². The molecule has 0 unspecified atom stereocenters. The molecule has 0 radical (unpaired) electrons. The van der Waals surface area contributed by atoms with Crippen LogP contribution in [0.1, 0.15) is 12.8 Å². The topological polar surface area (TPSA) is 45.4 Å². The van der Waals surface area contributed by atoms with E-state index in [9.17, 15) is 0 Å².